The summed E-state index contributed by atoms with van der Waals surface area (Å²) in [6.07, 6.45) is 5.64. The number of hydrogen-bond acceptors (Lipinski definition) is 6. The molecule has 2 saturated heterocycles. The van der Waals surface area contributed by atoms with Gasteiger partial charge in [0, 0.05) is 49.5 Å². The van der Waals surface area contributed by atoms with Crippen LogP contribution < -0.4 is 10.2 Å². The molecule has 1 atom stereocenters. The van der Waals surface area contributed by atoms with Crippen molar-refractivity contribution in [1.82, 2.24) is 14.8 Å². The van der Waals surface area contributed by atoms with E-state index in [1.807, 2.05) is 30.3 Å². The van der Waals surface area contributed by atoms with Gasteiger partial charge in [0.1, 0.15) is 23.7 Å². The van der Waals surface area contributed by atoms with Gasteiger partial charge >= 0.3 is 0 Å². The molecule has 4 heterocycles. The fraction of sp³-hybridized carbons (Fsp3) is 0.419. The molecule has 1 unspecified atom stereocenters. The molecule has 2 aromatic carbocycles. The van der Waals surface area contributed by atoms with Crippen molar-refractivity contribution in [3.63, 3.8) is 0 Å². The van der Waals surface area contributed by atoms with Crippen LogP contribution >= 0.6 is 0 Å². The lowest BCUT2D eigenvalue weighted by molar-refractivity contribution is -0.118. The SMILES string of the molecule is O=C(Cc1cc(F)ccc1F)N1CCNc2ncc(-c3ccc(C(O)N4CCC(N5CCCC5)CC4)cc3)cc21. The highest BCUT2D eigenvalue weighted by atomic mass is 19.1. The average molecular weight is 548 g/mol. The van der Waals surface area contributed by atoms with Crippen LogP contribution in [0.1, 0.15) is 43.0 Å². The van der Waals surface area contributed by atoms with Gasteiger partial charge in [-0.3, -0.25) is 9.69 Å². The number of anilines is 2. The Bertz CT molecular complexity index is 1350. The second kappa shape index (κ2) is 11.6. The molecular weight excluding hydrogens is 512 g/mol. The van der Waals surface area contributed by atoms with Gasteiger partial charge in [0.2, 0.25) is 5.91 Å². The fourth-order valence-corrected chi connectivity index (χ4v) is 6.22. The third-order valence-electron chi connectivity index (χ3n) is 8.48. The first-order chi connectivity index (χ1) is 19.5. The van der Waals surface area contributed by atoms with Gasteiger partial charge in [0.05, 0.1) is 12.1 Å². The van der Waals surface area contributed by atoms with Crippen LogP contribution in [0.3, 0.4) is 0 Å². The number of nitrogens with zero attached hydrogens (tertiary/aromatic N) is 4. The number of fused-ring (bicyclic) bond motifs is 1. The molecule has 1 amide bonds. The van der Waals surface area contributed by atoms with Gasteiger partial charge in [-0.2, -0.15) is 0 Å². The van der Waals surface area contributed by atoms with E-state index in [9.17, 15) is 18.7 Å². The summed E-state index contributed by atoms with van der Waals surface area (Å²) in [5.41, 5.74) is 3.22. The lowest BCUT2D eigenvalue weighted by Gasteiger charge is -2.38. The highest BCUT2D eigenvalue weighted by molar-refractivity contribution is 5.99. The van der Waals surface area contributed by atoms with Crippen molar-refractivity contribution in [2.24, 2.45) is 0 Å². The van der Waals surface area contributed by atoms with Crippen molar-refractivity contribution >= 4 is 17.4 Å². The summed E-state index contributed by atoms with van der Waals surface area (Å²) in [4.78, 5) is 24.0. The minimum atomic E-state index is -0.643. The Kier molecular flexibility index (Phi) is 7.78. The van der Waals surface area contributed by atoms with Gasteiger partial charge in [0.25, 0.3) is 0 Å². The van der Waals surface area contributed by atoms with E-state index in [1.54, 1.807) is 11.1 Å². The number of benzene rings is 2. The van der Waals surface area contributed by atoms with Gasteiger partial charge in [0.15, 0.2) is 0 Å². The summed E-state index contributed by atoms with van der Waals surface area (Å²) in [5, 5.41) is 14.3. The molecule has 0 saturated carbocycles. The number of carbonyl (C=O) groups is 1. The molecule has 3 aliphatic heterocycles. The predicted octanol–water partition coefficient (Wildman–Crippen LogP) is 4.58. The molecule has 2 fully saturated rings. The van der Waals surface area contributed by atoms with E-state index in [-0.39, 0.29) is 17.9 Å². The zero-order valence-electron chi connectivity index (χ0n) is 22.5. The van der Waals surface area contributed by atoms with Crippen molar-refractivity contribution in [2.45, 2.75) is 44.4 Å². The summed E-state index contributed by atoms with van der Waals surface area (Å²) < 4.78 is 27.8. The maximum Gasteiger partial charge on any atom is 0.231 e. The van der Waals surface area contributed by atoms with Crippen LogP contribution in [-0.2, 0) is 11.2 Å². The minimum Gasteiger partial charge on any atom is -0.374 e. The van der Waals surface area contributed by atoms with E-state index in [0.717, 1.165) is 60.8 Å². The molecule has 3 aromatic rings. The number of piperidine rings is 1. The third-order valence-corrected chi connectivity index (χ3v) is 8.48. The summed E-state index contributed by atoms with van der Waals surface area (Å²) >= 11 is 0. The molecule has 0 spiro atoms. The largest absolute Gasteiger partial charge is 0.374 e. The number of nitrogens with one attached hydrogen (secondary N) is 1. The Morgan fingerprint density at radius 2 is 1.73 bits per heavy atom. The van der Waals surface area contributed by atoms with Crippen molar-refractivity contribution in [3.05, 3.63) is 77.5 Å². The average Bonchev–Trinajstić information content (AvgIpc) is 3.53. The van der Waals surface area contributed by atoms with Gasteiger partial charge < -0.3 is 20.2 Å². The van der Waals surface area contributed by atoms with Crippen LogP contribution in [0.2, 0.25) is 0 Å². The third kappa shape index (κ3) is 5.59. The molecule has 9 heteroatoms. The maximum absolute atomic E-state index is 14.2. The maximum atomic E-state index is 14.2. The summed E-state index contributed by atoms with van der Waals surface area (Å²) in [7, 11) is 0. The number of hydrogen-bond donors (Lipinski definition) is 2. The predicted molar refractivity (Wildman–Crippen MR) is 151 cm³/mol. The number of halogens is 2. The van der Waals surface area contributed by atoms with E-state index in [0.29, 0.717) is 30.6 Å². The number of carbonyl (C=O) groups excluding carboxylic acids is 1. The lowest BCUT2D eigenvalue weighted by Crippen LogP contribution is -2.44. The lowest BCUT2D eigenvalue weighted by atomic mass is 10.0. The smallest absolute Gasteiger partial charge is 0.231 e. The Morgan fingerprint density at radius 3 is 2.48 bits per heavy atom. The fourth-order valence-electron chi connectivity index (χ4n) is 6.22. The van der Waals surface area contributed by atoms with Crippen LogP contribution in [0.25, 0.3) is 11.1 Å². The van der Waals surface area contributed by atoms with Crippen molar-refractivity contribution in [1.29, 1.82) is 0 Å². The van der Waals surface area contributed by atoms with Crippen molar-refractivity contribution in [2.75, 3.05) is 49.5 Å². The molecule has 0 radical (unpaired) electrons. The second-order valence-electron chi connectivity index (χ2n) is 11.0. The van der Waals surface area contributed by atoms with Crippen molar-refractivity contribution in [3.8, 4) is 11.1 Å². The Labute approximate surface area is 233 Å². The van der Waals surface area contributed by atoms with Gasteiger partial charge in [-0.15, -0.1) is 0 Å². The van der Waals surface area contributed by atoms with E-state index in [2.05, 4.69) is 20.1 Å². The first-order valence-corrected chi connectivity index (χ1v) is 14.2. The van der Waals surface area contributed by atoms with Gasteiger partial charge in [-0.1, -0.05) is 24.3 Å². The van der Waals surface area contributed by atoms with Crippen LogP contribution in [0.15, 0.2) is 54.7 Å². The molecular formula is C31H35F2N5O2. The van der Waals surface area contributed by atoms with E-state index >= 15 is 0 Å². The summed E-state index contributed by atoms with van der Waals surface area (Å²) in [5.74, 6) is -0.921. The summed E-state index contributed by atoms with van der Waals surface area (Å²) in [6, 6.07) is 13.5. The molecule has 7 nitrogen and oxygen atoms in total. The monoisotopic (exact) mass is 547 g/mol. The zero-order chi connectivity index (χ0) is 27.6. The first kappa shape index (κ1) is 26.8. The number of likely N-dealkylation sites (tertiary alicyclic amines) is 2. The van der Waals surface area contributed by atoms with Crippen LogP contribution in [0.5, 0.6) is 0 Å². The normalized spacial score (nSPS) is 19.3. The number of amides is 1. The molecule has 210 valence electrons. The topological polar surface area (TPSA) is 71.9 Å². The number of rotatable bonds is 6. The molecule has 40 heavy (non-hydrogen) atoms. The van der Waals surface area contributed by atoms with Crippen LogP contribution in [-0.4, -0.2) is 71.1 Å². The number of aliphatic hydroxyl groups excluding tert-OH is 1. The van der Waals surface area contributed by atoms with Crippen LogP contribution in [0.4, 0.5) is 20.3 Å². The number of aliphatic hydroxyl groups is 1. The van der Waals surface area contributed by atoms with Gasteiger partial charge in [-0.05, 0) is 74.2 Å². The molecule has 0 bridgehead atoms. The van der Waals surface area contributed by atoms with Crippen molar-refractivity contribution < 1.29 is 18.7 Å². The minimum absolute atomic E-state index is 0.0311. The highest BCUT2D eigenvalue weighted by Gasteiger charge is 2.29. The standard InChI is InChI=1S/C31H35F2N5O2/c32-25-7-8-27(33)23(17-25)19-29(39)38-16-11-34-30-28(38)18-24(20-35-30)21-3-5-22(6-4-21)31(40)37-14-9-26(10-15-37)36-12-1-2-13-36/h3-8,17-18,20,26,31,40H,1-2,9-16,19H2,(H,34,35). The second-order valence-corrected chi connectivity index (χ2v) is 11.0. The quantitative estimate of drug-likeness (QED) is 0.471. The number of aromatic nitrogens is 1. The summed E-state index contributed by atoms with van der Waals surface area (Å²) in [6.45, 7) is 5.09. The van der Waals surface area contributed by atoms with Crippen LogP contribution in [0, 0.1) is 11.6 Å². The Morgan fingerprint density at radius 1 is 0.975 bits per heavy atom. The van der Waals surface area contributed by atoms with E-state index in [1.165, 1.54) is 25.9 Å². The number of pyridine rings is 1. The first-order valence-electron chi connectivity index (χ1n) is 14.2. The molecule has 1 aromatic heterocycles. The Balaban J connectivity index is 1.14. The van der Waals surface area contributed by atoms with E-state index in [4.69, 9.17) is 0 Å². The zero-order valence-corrected chi connectivity index (χ0v) is 22.5. The molecule has 2 N–H and O–H groups in total. The van der Waals surface area contributed by atoms with E-state index < -0.39 is 17.9 Å². The molecule has 6 rings (SSSR count). The highest BCUT2D eigenvalue weighted by Crippen LogP contribution is 2.33. The molecule has 0 aliphatic carbocycles. The Hall–Kier alpha value is -3.40. The van der Waals surface area contributed by atoms with Gasteiger partial charge in [-0.25, -0.2) is 13.8 Å². The molecule has 3 aliphatic rings.